The van der Waals surface area contributed by atoms with E-state index in [9.17, 15) is 4.79 Å². The average Bonchev–Trinajstić information content (AvgIpc) is 3.24. The van der Waals surface area contributed by atoms with Crippen molar-refractivity contribution in [1.82, 2.24) is 14.8 Å². The van der Waals surface area contributed by atoms with Crippen LogP contribution in [0.4, 0.5) is 5.69 Å². The van der Waals surface area contributed by atoms with Crippen molar-refractivity contribution in [1.29, 1.82) is 0 Å². The van der Waals surface area contributed by atoms with Gasteiger partial charge in [-0.3, -0.25) is 4.79 Å². The molecule has 1 aromatic heterocycles. The Kier molecular flexibility index (Phi) is 3.66. The molecule has 120 valence electrons. The third-order valence-electron chi connectivity index (χ3n) is 3.82. The number of rotatable bonds is 3. The van der Waals surface area contributed by atoms with Crippen LogP contribution in [0.3, 0.4) is 0 Å². The first-order valence-corrected chi connectivity index (χ1v) is 7.78. The Bertz CT molecular complexity index is 870. The van der Waals surface area contributed by atoms with Gasteiger partial charge in [-0.05, 0) is 29.8 Å². The monoisotopic (exact) mass is 340 g/mol. The molecule has 24 heavy (non-hydrogen) atoms. The zero-order valence-electron chi connectivity index (χ0n) is 12.5. The number of carbonyl (C=O) groups excluding carboxylic acids is 1. The number of benzene rings is 2. The van der Waals surface area contributed by atoms with Crippen LogP contribution in [0, 0.1) is 0 Å². The van der Waals surface area contributed by atoms with Gasteiger partial charge in [0, 0.05) is 11.4 Å². The summed E-state index contributed by atoms with van der Waals surface area (Å²) >= 11 is 6.07. The van der Waals surface area contributed by atoms with Gasteiger partial charge >= 0.3 is 0 Å². The normalized spacial score (nSPS) is 15.6. The number of anilines is 1. The number of halogens is 1. The van der Waals surface area contributed by atoms with Gasteiger partial charge in [-0.15, -0.1) is 0 Å². The number of hydrogen-bond acceptors (Lipinski definition) is 4. The molecule has 1 aliphatic rings. The van der Waals surface area contributed by atoms with Crippen LogP contribution in [0.1, 0.15) is 5.56 Å². The van der Waals surface area contributed by atoms with Crippen molar-refractivity contribution < 1.29 is 9.53 Å². The second-order valence-electron chi connectivity index (χ2n) is 5.41. The number of carbonyl (C=O) groups is 1. The molecule has 7 heteroatoms. The lowest BCUT2D eigenvalue weighted by molar-refractivity contribution is -0.122. The molecule has 2 heterocycles. The molecule has 1 aliphatic heterocycles. The number of fused-ring (bicyclic) bond motifs is 1. The fourth-order valence-electron chi connectivity index (χ4n) is 2.68. The van der Waals surface area contributed by atoms with Crippen molar-refractivity contribution in [2.75, 3.05) is 5.32 Å². The lowest BCUT2D eigenvalue weighted by Crippen LogP contribution is -2.31. The van der Waals surface area contributed by atoms with Crippen molar-refractivity contribution >= 4 is 23.2 Å². The molecule has 0 fully saturated rings. The highest BCUT2D eigenvalue weighted by Gasteiger charge is 2.29. The highest BCUT2D eigenvalue weighted by Crippen LogP contribution is 2.30. The maximum Gasteiger partial charge on any atom is 0.265 e. The van der Waals surface area contributed by atoms with Crippen LogP contribution in [-0.2, 0) is 11.2 Å². The van der Waals surface area contributed by atoms with Crippen molar-refractivity contribution in [3.63, 3.8) is 0 Å². The van der Waals surface area contributed by atoms with Gasteiger partial charge in [0.2, 0.25) is 0 Å². The van der Waals surface area contributed by atoms with Gasteiger partial charge in [-0.2, -0.15) is 5.10 Å². The zero-order valence-corrected chi connectivity index (χ0v) is 13.3. The number of hydrogen-bond donors (Lipinski definition) is 1. The van der Waals surface area contributed by atoms with Crippen molar-refractivity contribution in [2.24, 2.45) is 0 Å². The average molecular weight is 341 g/mol. The van der Waals surface area contributed by atoms with Gasteiger partial charge in [0.25, 0.3) is 5.91 Å². The Morgan fingerprint density at radius 3 is 2.96 bits per heavy atom. The summed E-state index contributed by atoms with van der Waals surface area (Å²) in [5, 5.41) is 7.49. The molecule has 0 aliphatic carbocycles. The molecule has 0 saturated heterocycles. The minimum atomic E-state index is -0.565. The van der Waals surface area contributed by atoms with Gasteiger partial charge in [-0.25, -0.2) is 9.67 Å². The maximum absolute atomic E-state index is 12.6. The van der Waals surface area contributed by atoms with Crippen LogP contribution >= 0.6 is 11.6 Å². The first-order valence-electron chi connectivity index (χ1n) is 7.41. The first kappa shape index (κ1) is 14.7. The molecule has 1 N–H and O–H groups in total. The van der Waals surface area contributed by atoms with E-state index in [-0.39, 0.29) is 5.91 Å². The summed E-state index contributed by atoms with van der Waals surface area (Å²) in [6.45, 7) is 0. The predicted octanol–water partition coefficient (Wildman–Crippen LogP) is 2.86. The van der Waals surface area contributed by atoms with Crippen LogP contribution in [0.25, 0.3) is 5.69 Å². The Morgan fingerprint density at radius 1 is 1.29 bits per heavy atom. The number of amides is 1. The molecular formula is C17H13ClN4O2. The quantitative estimate of drug-likeness (QED) is 0.796. The number of nitrogens with zero attached hydrogens (tertiary/aromatic N) is 3. The number of aromatic nitrogens is 3. The minimum Gasteiger partial charge on any atom is -0.480 e. The molecule has 0 saturated carbocycles. The Labute approximate surface area is 143 Å². The Morgan fingerprint density at radius 2 is 2.17 bits per heavy atom. The molecular weight excluding hydrogens is 328 g/mol. The topological polar surface area (TPSA) is 69.0 Å². The second kappa shape index (κ2) is 5.98. The molecule has 6 nitrogen and oxygen atoms in total. The van der Waals surface area contributed by atoms with Gasteiger partial charge in [0.15, 0.2) is 6.10 Å². The first-order chi connectivity index (χ1) is 11.7. The van der Waals surface area contributed by atoms with Crippen molar-refractivity contribution in [3.8, 4) is 11.4 Å². The summed E-state index contributed by atoms with van der Waals surface area (Å²) in [4.78, 5) is 16.5. The lowest BCUT2D eigenvalue weighted by atomic mass is 10.1. The highest BCUT2D eigenvalue weighted by atomic mass is 35.5. The van der Waals surface area contributed by atoms with E-state index in [1.54, 1.807) is 29.2 Å². The van der Waals surface area contributed by atoms with E-state index in [0.717, 1.165) is 11.3 Å². The summed E-state index contributed by atoms with van der Waals surface area (Å²) in [5.41, 5.74) is 2.26. The van der Waals surface area contributed by atoms with Crippen LogP contribution in [0.15, 0.2) is 55.1 Å². The van der Waals surface area contributed by atoms with Crippen LogP contribution in [-0.4, -0.2) is 26.8 Å². The number of ether oxygens (including phenoxy) is 1. The molecule has 3 aromatic rings. The fraction of sp³-hybridized carbons (Fsp3) is 0.118. The van der Waals surface area contributed by atoms with Crippen LogP contribution in [0.2, 0.25) is 5.02 Å². The van der Waals surface area contributed by atoms with E-state index in [2.05, 4.69) is 15.4 Å². The molecule has 0 spiro atoms. The van der Waals surface area contributed by atoms with E-state index in [1.807, 2.05) is 24.3 Å². The Hall–Kier alpha value is -2.86. The van der Waals surface area contributed by atoms with E-state index in [1.165, 1.54) is 6.33 Å². The van der Waals surface area contributed by atoms with E-state index in [4.69, 9.17) is 16.3 Å². The molecule has 1 amide bonds. The van der Waals surface area contributed by atoms with Crippen LogP contribution in [0.5, 0.6) is 5.75 Å². The SMILES string of the molecule is O=C(Nc1cc(Cl)ccc1-n1cncn1)C1Cc2ccccc2O1. The van der Waals surface area contributed by atoms with Gasteiger partial charge in [0.1, 0.15) is 18.4 Å². The zero-order chi connectivity index (χ0) is 16.5. The number of para-hydroxylation sites is 1. The molecule has 2 aromatic carbocycles. The van der Waals surface area contributed by atoms with E-state index >= 15 is 0 Å². The summed E-state index contributed by atoms with van der Waals surface area (Å²) in [6, 6.07) is 12.8. The molecule has 1 unspecified atom stereocenters. The molecule has 4 rings (SSSR count). The third-order valence-corrected chi connectivity index (χ3v) is 4.06. The fourth-order valence-corrected chi connectivity index (χ4v) is 2.85. The third kappa shape index (κ3) is 2.72. The largest absolute Gasteiger partial charge is 0.480 e. The standard InChI is InChI=1S/C17H13ClN4O2/c18-12-5-6-14(22-10-19-9-20-22)13(8-12)21-17(23)16-7-11-3-1-2-4-15(11)24-16/h1-6,8-10,16H,7H2,(H,21,23). The molecule has 0 radical (unpaired) electrons. The van der Waals surface area contributed by atoms with Gasteiger partial charge in [-0.1, -0.05) is 29.8 Å². The Balaban J connectivity index is 1.58. The van der Waals surface area contributed by atoms with Crippen molar-refractivity contribution in [3.05, 3.63) is 65.7 Å². The van der Waals surface area contributed by atoms with Gasteiger partial charge in [0.05, 0.1) is 11.4 Å². The van der Waals surface area contributed by atoms with E-state index < -0.39 is 6.10 Å². The number of nitrogens with one attached hydrogen (secondary N) is 1. The second-order valence-corrected chi connectivity index (χ2v) is 5.85. The smallest absolute Gasteiger partial charge is 0.265 e. The van der Waals surface area contributed by atoms with Crippen LogP contribution < -0.4 is 10.1 Å². The molecule has 0 bridgehead atoms. The molecule has 1 atom stereocenters. The summed E-state index contributed by atoms with van der Waals surface area (Å²) < 4.78 is 7.29. The lowest BCUT2D eigenvalue weighted by Gasteiger charge is -2.14. The minimum absolute atomic E-state index is 0.227. The highest BCUT2D eigenvalue weighted by molar-refractivity contribution is 6.31. The summed E-state index contributed by atoms with van der Waals surface area (Å²) in [5.74, 6) is 0.523. The predicted molar refractivity (Wildman–Crippen MR) is 89.6 cm³/mol. The van der Waals surface area contributed by atoms with E-state index in [0.29, 0.717) is 22.8 Å². The summed E-state index contributed by atoms with van der Waals surface area (Å²) in [7, 11) is 0. The maximum atomic E-state index is 12.6. The van der Waals surface area contributed by atoms with Gasteiger partial charge < -0.3 is 10.1 Å². The van der Waals surface area contributed by atoms with Crippen molar-refractivity contribution in [2.45, 2.75) is 12.5 Å². The summed E-state index contributed by atoms with van der Waals surface area (Å²) in [6.07, 6.45) is 2.96.